The number of halogens is 2. The summed E-state index contributed by atoms with van der Waals surface area (Å²) in [6, 6.07) is 16.6. The van der Waals surface area contributed by atoms with Crippen molar-refractivity contribution in [2.75, 3.05) is 14.2 Å². The highest BCUT2D eigenvalue weighted by molar-refractivity contribution is 7.84. The van der Waals surface area contributed by atoms with E-state index < -0.39 is 31.5 Å². The van der Waals surface area contributed by atoms with E-state index in [0.29, 0.717) is 49.8 Å². The molecule has 0 unspecified atom stereocenters. The third kappa shape index (κ3) is 8.46. The van der Waals surface area contributed by atoms with Crippen LogP contribution in [0.4, 0.5) is 0 Å². The van der Waals surface area contributed by atoms with Crippen LogP contribution in [0.2, 0.25) is 10.0 Å². The molecule has 0 saturated heterocycles. The maximum atomic E-state index is 12.7. The van der Waals surface area contributed by atoms with Crippen LogP contribution in [0.1, 0.15) is 78.6 Å². The Hall–Kier alpha value is -2.86. The molecule has 8 nitrogen and oxygen atoms in total. The van der Waals surface area contributed by atoms with Crippen molar-refractivity contribution in [3.63, 3.8) is 0 Å². The number of rotatable bonds is 11. The first-order valence-corrected chi connectivity index (χ1v) is 18.6. The zero-order valence-corrected chi connectivity index (χ0v) is 32.2. The number of nitrogens with one attached hydrogen (secondary N) is 2. The molecule has 0 amide bonds. The maximum absolute atomic E-state index is 12.7. The molecule has 2 N–H and O–H groups in total. The van der Waals surface area contributed by atoms with E-state index >= 15 is 0 Å². The number of aromatic nitrogens is 2. The normalized spacial score (nSPS) is 14.7. The number of pyridine rings is 2. The Morgan fingerprint density at radius 1 is 0.729 bits per heavy atom. The van der Waals surface area contributed by atoms with Gasteiger partial charge in [0.05, 0.1) is 67.1 Å². The number of hydrogen-bond acceptors (Lipinski definition) is 6. The summed E-state index contributed by atoms with van der Waals surface area (Å²) in [7, 11) is 0.641. The highest BCUT2D eigenvalue weighted by Crippen LogP contribution is 2.43. The van der Waals surface area contributed by atoms with Crippen LogP contribution < -0.4 is 18.9 Å². The standard InChI is InChI=1S/C36H44Cl2N4O4S2/c1-21(41-47(43)35(3,4)5)24-15-14-23(20-30(24)45-9)33-32(38)27(18-19-39-33)26-12-11-13-28(31(26)37)29-17-16-25(34(40-29)46-10)22(2)42-48(44)36(6,7)8/h11-22,41-42H,1-10H3/t21-,22-,47-,48-/m0/s1. The summed E-state index contributed by atoms with van der Waals surface area (Å²) in [5.74, 6) is 1.04. The zero-order valence-electron chi connectivity index (χ0n) is 29.0. The van der Waals surface area contributed by atoms with Crippen LogP contribution in [0, 0.1) is 0 Å². The van der Waals surface area contributed by atoms with Gasteiger partial charge in [-0.05, 0) is 79.7 Å². The molecule has 4 aromatic rings. The molecule has 0 radical (unpaired) electrons. The zero-order chi connectivity index (χ0) is 35.6. The Kier molecular flexibility index (Phi) is 12.1. The summed E-state index contributed by atoms with van der Waals surface area (Å²) in [6.45, 7) is 15.4. The molecule has 0 saturated carbocycles. The second-order valence-corrected chi connectivity index (χ2v) is 18.1. The first-order chi connectivity index (χ1) is 22.5. The van der Waals surface area contributed by atoms with E-state index in [-0.39, 0.29) is 12.1 Å². The van der Waals surface area contributed by atoms with Crippen LogP contribution in [-0.4, -0.2) is 42.1 Å². The lowest BCUT2D eigenvalue weighted by atomic mass is 9.98. The van der Waals surface area contributed by atoms with E-state index in [2.05, 4.69) is 14.4 Å². The highest BCUT2D eigenvalue weighted by atomic mass is 35.5. The number of methoxy groups -OCH3 is 2. The fourth-order valence-electron chi connectivity index (χ4n) is 4.90. The summed E-state index contributed by atoms with van der Waals surface area (Å²) in [6.07, 6.45) is 1.70. The van der Waals surface area contributed by atoms with Crippen molar-refractivity contribution in [3.8, 4) is 45.3 Å². The van der Waals surface area contributed by atoms with Crippen molar-refractivity contribution in [2.24, 2.45) is 0 Å². The van der Waals surface area contributed by atoms with E-state index in [1.54, 1.807) is 20.4 Å². The van der Waals surface area contributed by atoms with Crippen LogP contribution in [0.15, 0.2) is 60.8 Å². The Morgan fingerprint density at radius 2 is 1.29 bits per heavy atom. The molecule has 2 heterocycles. The minimum absolute atomic E-state index is 0.224. The summed E-state index contributed by atoms with van der Waals surface area (Å²) >= 11 is 14.1. The summed E-state index contributed by atoms with van der Waals surface area (Å²) in [5.41, 5.74) is 5.71. The number of hydrogen-bond donors (Lipinski definition) is 2. The van der Waals surface area contributed by atoms with E-state index in [1.165, 1.54) is 0 Å². The summed E-state index contributed by atoms with van der Waals surface area (Å²) in [4.78, 5) is 9.39. The van der Waals surface area contributed by atoms with Gasteiger partial charge in [-0.1, -0.05) is 53.5 Å². The average Bonchev–Trinajstić information content (AvgIpc) is 3.03. The first kappa shape index (κ1) is 38.0. The smallest absolute Gasteiger partial charge is 0.218 e. The lowest BCUT2D eigenvalue weighted by Crippen LogP contribution is -2.35. The SMILES string of the molecule is COc1cc(-c2nccc(-c3cccc(-c4ccc([C@H](C)N[S@@](=O)C(C)(C)C)c(OC)n4)c3Cl)c2Cl)ccc1[C@H](C)N[S@@](=O)C(C)(C)C. The van der Waals surface area contributed by atoms with E-state index in [4.69, 9.17) is 37.7 Å². The largest absolute Gasteiger partial charge is 0.496 e. The molecule has 2 aromatic carbocycles. The van der Waals surface area contributed by atoms with Crippen LogP contribution in [-0.2, 0) is 22.0 Å². The molecule has 4 rings (SSSR count). The highest BCUT2D eigenvalue weighted by Gasteiger charge is 2.26. The molecule has 4 atom stereocenters. The minimum atomic E-state index is -1.27. The topological polar surface area (TPSA) is 102 Å². The first-order valence-electron chi connectivity index (χ1n) is 15.5. The van der Waals surface area contributed by atoms with Crippen LogP contribution in [0.3, 0.4) is 0 Å². The van der Waals surface area contributed by atoms with Crippen LogP contribution in [0.5, 0.6) is 11.6 Å². The third-order valence-electron chi connectivity index (χ3n) is 7.66. The Balaban J connectivity index is 1.69. The average molecular weight is 732 g/mol. The fraction of sp³-hybridized carbons (Fsp3) is 0.389. The molecular formula is C36H44Cl2N4O4S2. The lowest BCUT2D eigenvalue weighted by molar-refractivity contribution is 0.389. The van der Waals surface area contributed by atoms with Gasteiger partial charge in [0, 0.05) is 51.7 Å². The predicted molar refractivity (Wildman–Crippen MR) is 200 cm³/mol. The summed E-state index contributed by atoms with van der Waals surface area (Å²) < 4.78 is 42.3. The fourth-order valence-corrected chi connectivity index (χ4v) is 7.15. The van der Waals surface area contributed by atoms with Gasteiger partial charge in [-0.3, -0.25) is 4.98 Å². The lowest BCUT2D eigenvalue weighted by Gasteiger charge is -2.23. The van der Waals surface area contributed by atoms with E-state index in [0.717, 1.165) is 16.7 Å². The molecular weight excluding hydrogens is 687 g/mol. The molecule has 0 fully saturated rings. The number of nitrogens with zero attached hydrogens (tertiary/aromatic N) is 2. The van der Waals surface area contributed by atoms with Crippen LogP contribution >= 0.6 is 23.2 Å². The molecule has 258 valence electrons. The number of benzene rings is 2. The maximum Gasteiger partial charge on any atom is 0.218 e. The molecule has 0 aliphatic rings. The molecule has 0 spiro atoms. The van der Waals surface area contributed by atoms with Crippen molar-refractivity contribution >= 4 is 45.2 Å². The predicted octanol–water partition coefficient (Wildman–Crippen LogP) is 9.03. The monoisotopic (exact) mass is 730 g/mol. The Bertz CT molecular complexity index is 1710. The Morgan fingerprint density at radius 3 is 1.88 bits per heavy atom. The Labute approximate surface area is 299 Å². The minimum Gasteiger partial charge on any atom is -0.496 e. The summed E-state index contributed by atoms with van der Waals surface area (Å²) in [5, 5.41) is 0.900. The van der Waals surface area contributed by atoms with Gasteiger partial charge in [-0.15, -0.1) is 0 Å². The van der Waals surface area contributed by atoms with Gasteiger partial charge >= 0.3 is 0 Å². The van der Waals surface area contributed by atoms with Crippen molar-refractivity contribution in [3.05, 3.63) is 82.0 Å². The number of ether oxygens (including phenoxy) is 2. The van der Waals surface area contributed by atoms with Crippen molar-refractivity contribution in [1.82, 2.24) is 19.4 Å². The molecule has 0 aliphatic carbocycles. The third-order valence-corrected chi connectivity index (χ3v) is 11.8. The van der Waals surface area contributed by atoms with Crippen molar-refractivity contribution in [2.45, 2.75) is 77.0 Å². The molecule has 12 heteroatoms. The van der Waals surface area contributed by atoms with Crippen molar-refractivity contribution < 1.29 is 17.9 Å². The van der Waals surface area contributed by atoms with Crippen molar-refractivity contribution in [1.29, 1.82) is 0 Å². The molecule has 2 aromatic heterocycles. The molecule has 0 bridgehead atoms. The van der Waals surface area contributed by atoms with Gasteiger partial charge in [0.1, 0.15) is 5.75 Å². The van der Waals surface area contributed by atoms with Gasteiger partial charge in [0.25, 0.3) is 0 Å². The second-order valence-electron chi connectivity index (χ2n) is 13.4. The van der Waals surface area contributed by atoms with Crippen LogP contribution in [0.25, 0.3) is 33.6 Å². The van der Waals surface area contributed by atoms with Gasteiger partial charge in [-0.2, -0.15) is 0 Å². The second kappa shape index (κ2) is 15.4. The quantitative estimate of drug-likeness (QED) is 0.160. The van der Waals surface area contributed by atoms with E-state index in [1.807, 2.05) is 110 Å². The molecule has 48 heavy (non-hydrogen) atoms. The van der Waals surface area contributed by atoms with E-state index in [9.17, 15) is 8.42 Å². The molecule has 0 aliphatic heterocycles. The van der Waals surface area contributed by atoms with Gasteiger partial charge in [-0.25, -0.2) is 22.8 Å². The van der Waals surface area contributed by atoms with Gasteiger partial charge < -0.3 is 9.47 Å². The van der Waals surface area contributed by atoms with Gasteiger partial charge in [0.2, 0.25) is 5.88 Å². The van der Waals surface area contributed by atoms with Gasteiger partial charge in [0.15, 0.2) is 0 Å².